The van der Waals surface area contributed by atoms with Gasteiger partial charge in [0.05, 0.1) is 30.0 Å². The monoisotopic (exact) mass is 325 g/mol. The standard InChI is InChI=1S/C13H15N3O3S2/c1-10-15-12(9-20-10)13-8-19-6-5-16(13)21(17,18)11-3-2-4-14-7-11/h2-4,7,9,13H,5-6,8H2,1H3. The minimum atomic E-state index is -3.59. The first-order valence-electron chi connectivity index (χ1n) is 6.50. The van der Waals surface area contributed by atoms with E-state index in [9.17, 15) is 8.42 Å². The SMILES string of the molecule is Cc1nc(C2COCCN2S(=O)(=O)c2cccnc2)cs1. The molecule has 2 aromatic rings. The van der Waals surface area contributed by atoms with Crippen molar-refractivity contribution in [3.8, 4) is 0 Å². The van der Waals surface area contributed by atoms with Crippen molar-refractivity contribution in [1.29, 1.82) is 0 Å². The third kappa shape index (κ3) is 2.84. The highest BCUT2D eigenvalue weighted by molar-refractivity contribution is 7.89. The topological polar surface area (TPSA) is 72.4 Å². The molecule has 3 heterocycles. The molecule has 0 saturated carbocycles. The number of morpholine rings is 1. The molecule has 1 fully saturated rings. The highest BCUT2D eigenvalue weighted by atomic mass is 32.2. The minimum Gasteiger partial charge on any atom is -0.378 e. The smallest absolute Gasteiger partial charge is 0.245 e. The molecular weight excluding hydrogens is 310 g/mol. The number of hydrogen-bond donors (Lipinski definition) is 0. The summed E-state index contributed by atoms with van der Waals surface area (Å²) >= 11 is 1.51. The van der Waals surface area contributed by atoms with Crippen molar-refractivity contribution < 1.29 is 13.2 Å². The Morgan fingerprint density at radius 1 is 1.48 bits per heavy atom. The molecule has 1 aliphatic heterocycles. The molecule has 1 atom stereocenters. The van der Waals surface area contributed by atoms with Crippen LogP contribution >= 0.6 is 11.3 Å². The Morgan fingerprint density at radius 2 is 2.33 bits per heavy atom. The van der Waals surface area contributed by atoms with Crippen molar-refractivity contribution >= 4 is 21.4 Å². The number of pyridine rings is 1. The van der Waals surface area contributed by atoms with Gasteiger partial charge < -0.3 is 4.74 Å². The lowest BCUT2D eigenvalue weighted by Gasteiger charge is -2.33. The maximum atomic E-state index is 12.8. The molecule has 0 aliphatic carbocycles. The van der Waals surface area contributed by atoms with Gasteiger partial charge in [0.1, 0.15) is 4.90 Å². The van der Waals surface area contributed by atoms with Gasteiger partial charge in [-0.25, -0.2) is 13.4 Å². The summed E-state index contributed by atoms with van der Waals surface area (Å²) in [6, 6.07) is 2.80. The number of thiazole rings is 1. The number of sulfonamides is 1. The largest absolute Gasteiger partial charge is 0.378 e. The van der Waals surface area contributed by atoms with Gasteiger partial charge in [-0.05, 0) is 19.1 Å². The molecule has 112 valence electrons. The molecule has 8 heteroatoms. The van der Waals surface area contributed by atoms with E-state index in [1.807, 2.05) is 12.3 Å². The molecule has 0 spiro atoms. The average molecular weight is 325 g/mol. The van der Waals surface area contributed by atoms with E-state index in [2.05, 4.69) is 9.97 Å². The van der Waals surface area contributed by atoms with Crippen molar-refractivity contribution in [2.45, 2.75) is 17.9 Å². The zero-order valence-corrected chi connectivity index (χ0v) is 13.1. The van der Waals surface area contributed by atoms with Crippen molar-refractivity contribution in [1.82, 2.24) is 14.3 Å². The molecule has 1 unspecified atom stereocenters. The fraction of sp³-hybridized carbons (Fsp3) is 0.385. The number of nitrogens with zero attached hydrogens (tertiary/aromatic N) is 3. The lowest BCUT2D eigenvalue weighted by atomic mass is 10.2. The first kappa shape index (κ1) is 14.6. The summed E-state index contributed by atoms with van der Waals surface area (Å²) in [6.07, 6.45) is 2.92. The molecular formula is C13H15N3O3S2. The second-order valence-electron chi connectivity index (χ2n) is 4.69. The van der Waals surface area contributed by atoms with Crippen LogP contribution in [-0.4, -0.2) is 42.4 Å². The Balaban J connectivity index is 1.98. The van der Waals surface area contributed by atoms with E-state index in [4.69, 9.17) is 4.74 Å². The second kappa shape index (κ2) is 5.80. The fourth-order valence-electron chi connectivity index (χ4n) is 2.28. The van der Waals surface area contributed by atoms with Crippen LogP contribution in [0.3, 0.4) is 0 Å². The fourth-order valence-corrected chi connectivity index (χ4v) is 4.47. The van der Waals surface area contributed by atoms with Crippen LogP contribution in [0.25, 0.3) is 0 Å². The van der Waals surface area contributed by atoms with Gasteiger partial charge in [-0.1, -0.05) is 0 Å². The second-order valence-corrected chi connectivity index (χ2v) is 7.64. The molecule has 0 bridgehead atoms. The van der Waals surface area contributed by atoms with E-state index < -0.39 is 10.0 Å². The van der Waals surface area contributed by atoms with E-state index >= 15 is 0 Å². The Kier molecular flexibility index (Phi) is 4.03. The molecule has 1 saturated heterocycles. The minimum absolute atomic E-state index is 0.198. The Labute approximate surface area is 127 Å². The molecule has 0 radical (unpaired) electrons. The maximum absolute atomic E-state index is 12.8. The molecule has 1 aliphatic rings. The Hall–Kier alpha value is -1.35. The van der Waals surface area contributed by atoms with Crippen LogP contribution in [0.5, 0.6) is 0 Å². The Morgan fingerprint density at radius 3 is 3.00 bits per heavy atom. The highest BCUT2D eigenvalue weighted by Gasteiger charge is 2.36. The zero-order valence-electron chi connectivity index (χ0n) is 11.5. The van der Waals surface area contributed by atoms with Gasteiger partial charge >= 0.3 is 0 Å². The molecule has 0 N–H and O–H groups in total. The van der Waals surface area contributed by atoms with Crippen LogP contribution in [0.2, 0.25) is 0 Å². The summed E-state index contributed by atoms with van der Waals surface area (Å²) in [5, 5.41) is 2.80. The number of ether oxygens (including phenoxy) is 1. The van der Waals surface area contributed by atoms with Crippen molar-refractivity contribution in [2.75, 3.05) is 19.8 Å². The summed E-state index contributed by atoms with van der Waals surface area (Å²) in [5.74, 6) is 0. The summed E-state index contributed by atoms with van der Waals surface area (Å²) in [5.41, 5.74) is 0.740. The summed E-state index contributed by atoms with van der Waals surface area (Å²) in [6.45, 7) is 2.93. The highest BCUT2D eigenvalue weighted by Crippen LogP contribution is 2.30. The van der Waals surface area contributed by atoms with Crippen molar-refractivity contribution in [3.05, 3.63) is 40.6 Å². The van der Waals surface area contributed by atoms with Crippen LogP contribution in [0.1, 0.15) is 16.7 Å². The molecule has 2 aromatic heterocycles. The predicted octanol–water partition coefficient (Wildman–Crippen LogP) is 1.61. The number of rotatable bonds is 3. The predicted molar refractivity (Wildman–Crippen MR) is 78.5 cm³/mol. The van der Waals surface area contributed by atoms with Crippen LogP contribution in [-0.2, 0) is 14.8 Å². The van der Waals surface area contributed by atoms with Gasteiger partial charge in [0.25, 0.3) is 0 Å². The summed E-state index contributed by atoms with van der Waals surface area (Å²) in [4.78, 5) is 8.50. The Bertz CT molecular complexity index is 715. The molecule has 3 rings (SSSR count). The average Bonchev–Trinajstić information content (AvgIpc) is 2.95. The van der Waals surface area contributed by atoms with Gasteiger partial charge in [-0.2, -0.15) is 4.31 Å². The maximum Gasteiger partial charge on any atom is 0.245 e. The van der Waals surface area contributed by atoms with Crippen molar-refractivity contribution in [3.63, 3.8) is 0 Å². The molecule has 0 amide bonds. The van der Waals surface area contributed by atoms with E-state index in [1.165, 1.54) is 21.8 Å². The van der Waals surface area contributed by atoms with Gasteiger partial charge in [-0.3, -0.25) is 4.98 Å². The first-order valence-corrected chi connectivity index (χ1v) is 8.82. The van der Waals surface area contributed by atoms with Crippen LogP contribution in [0.4, 0.5) is 0 Å². The quantitative estimate of drug-likeness (QED) is 0.857. The van der Waals surface area contributed by atoms with Crippen LogP contribution in [0, 0.1) is 6.92 Å². The molecule has 6 nitrogen and oxygen atoms in total. The van der Waals surface area contributed by atoms with Crippen LogP contribution < -0.4 is 0 Å². The van der Waals surface area contributed by atoms with Gasteiger partial charge in [0, 0.05) is 24.3 Å². The zero-order chi connectivity index (χ0) is 14.9. The van der Waals surface area contributed by atoms with Gasteiger partial charge in [0.2, 0.25) is 10.0 Å². The van der Waals surface area contributed by atoms with Gasteiger partial charge in [0.15, 0.2) is 0 Å². The van der Waals surface area contributed by atoms with Crippen LogP contribution in [0.15, 0.2) is 34.8 Å². The van der Waals surface area contributed by atoms with E-state index in [-0.39, 0.29) is 10.9 Å². The van der Waals surface area contributed by atoms with Gasteiger partial charge in [-0.15, -0.1) is 11.3 Å². The number of hydrogen-bond acceptors (Lipinski definition) is 6. The van der Waals surface area contributed by atoms with E-state index in [0.717, 1.165) is 10.7 Å². The lowest BCUT2D eigenvalue weighted by molar-refractivity contribution is 0.0307. The summed E-state index contributed by atoms with van der Waals surface area (Å²) in [7, 11) is -3.59. The summed E-state index contributed by atoms with van der Waals surface area (Å²) < 4.78 is 32.5. The number of aryl methyl sites for hydroxylation is 1. The van der Waals surface area contributed by atoms with Crippen molar-refractivity contribution in [2.24, 2.45) is 0 Å². The third-order valence-electron chi connectivity index (χ3n) is 3.30. The third-order valence-corrected chi connectivity index (χ3v) is 5.98. The van der Waals surface area contributed by atoms with E-state index in [0.29, 0.717) is 19.8 Å². The molecule has 21 heavy (non-hydrogen) atoms. The number of aromatic nitrogens is 2. The van der Waals surface area contributed by atoms with E-state index in [1.54, 1.807) is 18.3 Å². The normalized spacial score (nSPS) is 20.5. The lowest BCUT2D eigenvalue weighted by Crippen LogP contribution is -2.43. The molecule has 0 aromatic carbocycles. The first-order chi connectivity index (χ1) is 10.1.